The molecule has 0 aliphatic heterocycles. The third-order valence-electron chi connectivity index (χ3n) is 2.39. The molecule has 3 nitrogen and oxygen atoms in total. The van der Waals surface area contributed by atoms with Crippen LogP contribution in [0.5, 0.6) is 5.75 Å². The highest BCUT2D eigenvalue weighted by Gasteiger charge is 2.16. The summed E-state index contributed by atoms with van der Waals surface area (Å²) in [6, 6.07) is 9.77. The first-order chi connectivity index (χ1) is 9.13. The minimum absolute atomic E-state index is 0.402. The van der Waals surface area contributed by atoms with E-state index in [9.17, 15) is 4.79 Å². The lowest BCUT2D eigenvalue weighted by molar-refractivity contribution is 0.112. The molecule has 0 saturated carbocycles. The lowest BCUT2D eigenvalue weighted by Gasteiger charge is -2.12. The Bertz CT molecular complexity index is 603. The summed E-state index contributed by atoms with van der Waals surface area (Å²) in [6.45, 7) is 0.402. The van der Waals surface area contributed by atoms with Gasteiger partial charge in [0, 0.05) is 0 Å². The largest absolute Gasteiger partial charge is 0.485 e. The van der Waals surface area contributed by atoms with Crippen molar-refractivity contribution in [1.82, 2.24) is 4.98 Å². The topological polar surface area (TPSA) is 39.2 Å². The van der Waals surface area contributed by atoms with Crippen LogP contribution in [0.4, 0.5) is 0 Å². The van der Waals surface area contributed by atoms with Gasteiger partial charge in [0.1, 0.15) is 11.2 Å². The van der Waals surface area contributed by atoms with Crippen molar-refractivity contribution in [2.75, 3.05) is 0 Å². The molecule has 19 heavy (non-hydrogen) atoms. The predicted molar refractivity (Wildman–Crippen MR) is 83.5 cm³/mol. The Morgan fingerprint density at radius 3 is 2.42 bits per heavy atom. The van der Waals surface area contributed by atoms with E-state index in [1.807, 2.05) is 30.3 Å². The van der Waals surface area contributed by atoms with Gasteiger partial charge < -0.3 is 4.74 Å². The molecule has 0 saturated heterocycles. The minimum Gasteiger partial charge on any atom is -0.485 e. The smallest absolute Gasteiger partial charge is 0.167 e. The summed E-state index contributed by atoms with van der Waals surface area (Å²) in [5.41, 5.74) is 1.46. The molecule has 2 aromatic rings. The molecular weight excluding hydrogens is 442 g/mol. The molecule has 98 valence electrons. The normalized spacial score (nSPS) is 10.3. The van der Waals surface area contributed by atoms with E-state index in [4.69, 9.17) is 4.74 Å². The predicted octanol–water partition coefficient (Wildman–Crippen LogP) is 4.76. The van der Waals surface area contributed by atoms with Crippen molar-refractivity contribution in [3.8, 4) is 5.75 Å². The molecule has 1 aromatic carbocycles. The van der Waals surface area contributed by atoms with Crippen molar-refractivity contribution in [2.45, 2.75) is 6.61 Å². The highest BCUT2D eigenvalue weighted by atomic mass is 79.9. The van der Waals surface area contributed by atoms with E-state index in [-0.39, 0.29) is 0 Å². The van der Waals surface area contributed by atoms with Gasteiger partial charge in [-0.15, -0.1) is 0 Å². The Morgan fingerprint density at radius 2 is 1.79 bits per heavy atom. The number of hydrogen-bond donors (Lipinski definition) is 0. The van der Waals surface area contributed by atoms with Crippen molar-refractivity contribution < 1.29 is 9.53 Å². The monoisotopic (exact) mass is 447 g/mol. The average Bonchev–Trinajstić information content (AvgIpc) is 2.39. The quantitative estimate of drug-likeness (QED) is 0.499. The van der Waals surface area contributed by atoms with Gasteiger partial charge in [0.25, 0.3) is 0 Å². The van der Waals surface area contributed by atoms with Gasteiger partial charge in [0.05, 0.1) is 10.0 Å². The van der Waals surface area contributed by atoms with Crippen LogP contribution >= 0.6 is 47.8 Å². The second-order valence-electron chi connectivity index (χ2n) is 3.64. The Balaban J connectivity index is 2.28. The summed E-state index contributed by atoms with van der Waals surface area (Å²) < 4.78 is 7.29. The molecule has 0 unspecified atom stereocenters. The van der Waals surface area contributed by atoms with E-state index in [0.717, 1.165) is 11.8 Å². The molecule has 1 heterocycles. The van der Waals surface area contributed by atoms with Crippen LogP contribution in [0, 0.1) is 0 Å². The maximum absolute atomic E-state index is 11.0. The molecule has 0 spiro atoms. The van der Waals surface area contributed by atoms with E-state index in [0.29, 0.717) is 31.6 Å². The third kappa shape index (κ3) is 3.43. The molecule has 0 aliphatic rings. The van der Waals surface area contributed by atoms with Gasteiger partial charge in [-0.25, -0.2) is 4.98 Å². The van der Waals surface area contributed by atoms with Crippen LogP contribution in [0.3, 0.4) is 0 Å². The summed E-state index contributed by atoms with van der Waals surface area (Å²) in [4.78, 5) is 15.2. The lowest BCUT2D eigenvalue weighted by atomic mass is 10.2. The Morgan fingerprint density at radius 1 is 1.11 bits per heavy atom. The summed E-state index contributed by atoms with van der Waals surface area (Å²) >= 11 is 9.91. The first-order valence-electron chi connectivity index (χ1n) is 5.30. The maximum Gasteiger partial charge on any atom is 0.167 e. The first-order valence-corrected chi connectivity index (χ1v) is 7.67. The SMILES string of the molecule is O=Cc1c(Br)nc(Br)c(OCc2ccccc2)c1Br. The summed E-state index contributed by atoms with van der Waals surface area (Å²) in [6.07, 6.45) is 0.725. The lowest BCUT2D eigenvalue weighted by Crippen LogP contribution is -2.00. The number of aldehydes is 1. The van der Waals surface area contributed by atoms with Gasteiger partial charge in [-0.05, 0) is 53.4 Å². The van der Waals surface area contributed by atoms with Crippen LogP contribution in [0.2, 0.25) is 0 Å². The van der Waals surface area contributed by atoms with Crippen LogP contribution in [0.15, 0.2) is 44.0 Å². The van der Waals surface area contributed by atoms with Crippen molar-refractivity contribution in [3.05, 3.63) is 55.1 Å². The fourth-order valence-electron chi connectivity index (χ4n) is 1.45. The number of aromatic nitrogens is 1. The van der Waals surface area contributed by atoms with Crippen LogP contribution in [0.25, 0.3) is 0 Å². The number of ether oxygens (including phenoxy) is 1. The standard InChI is InChI=1S/C13H8Br3NO2/c14-10-9(6-18)12(15)17-13(16)11(10)19-7-8-4-2-1-3-5-8/h1-6H,7H2. The van der Waals surface area contributed by atoms with Crippen LogP contribution in [0.1, 0.15) is 15.9 Å². The zero-order chi connectivity index (χ0) is 13.8. The van der Waals surface area contributed by atoms with Crippen LogP contribution in [-0.4, -0.2) is 11.3 Å². The van der Waals surface area contributed by atoms with E-state index in [2.05, 4.69) is 52.8 Å². The zero-order valence-corrected chi connectivity index (χ0v) is 14.3. The number of hydrogen-bond acceptors (Lipinski definition) is 3. The van der Waals surface area contributed by atoms with E-state index in [1.165, 1.54) is 0 Å². The molecule has 0 bridgehead atoms. The van der Waals surface area contributed by atoms with Gasteiger partial charge in [-0.1, -0.05) is 30.3 Å². The molecule has 1 aromatic heterocycles. The second-order valence-corrected chi connectivity index (χ2v) is 5.94. The molecule has 2 rings (SSSR count). The molecular formula is C13H8Br3NO2. The van der Waals surface area contributed by atoms with Crippen molar-refractivity contribution in [2.24, 2.45) is 0 Å². The van der Waals surface area contributed by atoms with Gasteiger partial charge >= 0.3 is 0 Å². The van der Waals surface area contributed by atoms with Gasteiger partial charge in [-0.3, -0.25) is 4.79 Å². The Labute approximate surface area is 135 Å². The molecule has 0 atom stereocenters. The van der Waals surface area contributed by atoms with Gasteiger partial charge in [0.2, 0.25) is 0 Å². The third-order valence-corrected chi connectivity index (χ3v) is 4.31. The molecule has 0 aliphatic carbocycles. The highest BCUT2D eigenvalue weighted by Crippen LogP contribution is 2.37. The number of carbonyl (C=O) groups is 1. The average molecular weight is 450 g/mol. The Hall–Kier alpha value is -0.720. The second kappa shape index (κ2) is 6.63. The van der Waals surface area contributed by atoms with Crippen LogP contribution in [-0.2, 0) is 6.61 Å². The van der Waals surface area contributed by atoms with E-state index < -0.39 is 0 Å². The van der Waals surface area contributed by atoms with E-state index >= 15 is 0 Å². The number of nitrogens with zero attached hydrogens (tertiary/aromatic N) is 1. The number of halogens is 3. The fourth-order valence-corrected chi connectivity index (χ4v) is 3.77. The fraction of sp³-hybridized carbons (Fsp3) is 0.0769. The zero-order valence-electron chi connectivity index (χ0n) is 9.57. The molecule has 0 radical (unpaired) electrons. The number of rotatable bonds is 4. The van der Waals surface area contributed by atoms with Gasteiger partial charge in [-0.2, -0.15) is 0 Å². The first kappa shape index (κ1) is 14.7. The number of carbonyl (C=O) groups excluding carboxylic acids is 1. The molecule has 0 amide bonds. The molecule has 6 heteroatoms. The number of pyridine rings is 1. The minimum atomic E-state index is 0.402. The summed E-state index contributed by atoms with van der Waals surface area (Å²) in [5, 5.41) is 0. The van der Waals surface area contributed by atoms with E-state index in [1.54, 1.807) is 0 Å². The molecule has 0 N–H and O–H groups in total. The highest BCUT2D eigenvalue weighted by molar-refractivity contribution is 9.11. The van der Waals surface area contributed by atoms with Gasteiger partial charge in [0.15, 0.2) is 16.6 Å². The molecule has 0 fully saturated rings. The van der Waals surface area contributed by atoms with Crippen molar-refractivity contribution >= 4 is 54.1 Å². The maximum atomic E-state index is 11.0. The summed E-state index contributed by atoms with van der Waals surface area (Å²) in [5.74, 6) is 0.508. The number of benzene rings is 1. The summed E-state index contributed by atoms with van der Waals surface area (Å²) in [7, 11) is 0. The van der Waals surface area contributed by atoms with Crippen LogP contribution < -0.4 is 4.74 Å². The van der Waals surface area contributed by atoms with Crippen molar-refractivity contribution in [3.63, 3.8) is 0 Å². The Kier molecular flexibility index (Phi) is 5.13. The van der Waals surface area contributed by atoms with Crippen molar-refractivity contribution in [1.29, 1.82) is 0 Å².